The lowest BCUT2D eigenvalue weighted by atomic mass is 10.0. The van der Waals surface area contributed by atoms with E-state index in [1.807, 2.05) is 0 Å². The molecular formula is C21H22Br3NO6S. The van der Waals surface area contributed by atoms with Crippen molar-refractivity contribution < 1.29 is 28.9 Å². The van der Waals surface area contributed by atoms with Crippen LogP contribution in [0.3, 0.4) is 0 Å². The van der Waals surface area contributed by atoms with Gasteiger partial charge in [-0.05, 0) is 59.3 Å². The summed E-state index contributed by atoms with van der Waals surface area (Å²) in [5.74, 6) is -0.609. The maximum absolute atomic E-state index is 12.7. The Kier molecular flexibility index (Phi) is 11.3. The lowest BCUT2D eigenvalue weighted by molar-refractivity contribution is -0.142. The Morgan fingerprint density at radius 2 is 1.81 bits per heavy atom. The maximum atomic E-state index is 12.7. The van der Waals surface area contributed by atoms with Gasteiger partial charge in [-0.25, -0.2) is 4.79 Å². The smallest absolute Gasteiger partial charge is 0.412 e. The molecule has 0 heterocycles. The first kappa shape index (κ1) is 27.0. The molecule has 0 unspecified atom stereocenters. The zero-order valence-electron chi connectivity index (χ0n) is 17.0. The van der Waals surface area contributed by atoms with E-state index < -0.39 is 24.3 Å². The highest BCUT2D eigenvalue weighted by atomic mass is 79.9. The average molecular weight is 656 g/mol. The molecule has 0 aliphatic carbocycles. The number of benzene rings is 2. The minimum atomic E-state index is -0.992. The molecule has 2 aromatic carbocycles. The van der Waals surface area contributed by atoms with Gasteiger partial charge in [0.25, 0.3) is 0 Å². The zero-order valence-corrected chi connectivity index (χ0v) is 22.7. The lowest BCUT2D eigenvalue weighted by Crippen LogP contribution is -2.30. The Labute approximate surface area is 217 Å². The van der Waals surface area contributed by atoms with Crippen LogP contribution in [0.2, 0.25) is 0 Å². The van der Waals surface area contributed by atoms with Gasteiger partial charge in [0.2, 0.25) is 0 Å². The number of hydrogen-bond acceptors (Lipinski definition) is 7. The van der Waals surface area contributed by atoms with Crippen molar-refractivity contribution >= 4 is 78.2 Å². The quantitative estimate of drug-likeness (QED) is 0.207. The molecule has 7 nitrogen and oxygen atoms in total. The van der Waals surface area contributed by atoms with Gasteiger partial charge in [-0.3, -0.25) is 10.1 Å². The van der Waals surface area contributed by atoms with Crippen LogP contribution >= 0.6 is 60.4 Å². The maximum Gasteiger partial charge on any atom is 0.412 e. The number of thiol groups is 1. The van der Waals surface area contributed by atoms with E-state index in [9.17, 15) is 14.7 Å². The molecule has 11 heteroatoms. The second-order valence-corrected chi connectivity index (χ2v) is 9.45. The number of halogens is 3. The molecule has 0 aliphatic heterocycles. The van der Waals surface area contributed by atoms with Gasteiger partial charge < -0.3 is 19.3 Å². The highest BCUT2D eigenvalue weighted by Gasteiger charge is 2.31. The number of anilines is 1. The third-order valence-corrected chi connectivity index (χ3v) is 6.05. The van der Waals surface area contributed by atoms with E-state index in [2.05, 4.69) is 65.7 Å². The molecule has 2 rings (SSSR count). The molecule has 174 valence electrons. The zero-order chi connectivity index (χ0) is 23.7. The number of phenolic OH excluding ortho intramolecular Hbond substituents is 1. The fourth-order valence-electron chi connectivity index (χ4n) is 2.81. The SMILES string of the molecule is CCO[C@@H](CCOC(=O)CS)[C@@H](OC(=O)Nc1ccc(Br)cc1)c1cc(Br)cc(Br)c1O. The summed E-state index contributed by atoms with van der Waals surface area (Å²) in [7, 11) is 0. The number of aromatic hydroxyl groups is 1. The van der Waals surface area contributed by atoms with E-state index in [0.29, 0.717) is 26.8 Å². The first-order valence-corrected chi connectivity index (χ1v) is 12.6. The number of hydrogen-bond donors (Lipinski definition) is 3. The second-order valence-electron chi connectivity index (χ2n) is 6.44. The third kappa shape index (κ3) is 8.26. The number of carbonyl (C=O) groups excluding carboxylic acids is 2. The lowest BCUT2D eigenvalue weighted by Gasteiger charge is -2.28. The fraction of sp³-hybridized carbons (Fsp3) is 0.333. The van der Waals surface area contributed by atoms with Crippen molar-refractivity contribution in [1.82, 2.24) is 0 Å². The number of esters is 1. The molecule has 0 saturated carbocycles. The van der Waals surface area contributed by atoms with Gasteiger partial charge in [0.1, 0.15) is 11.9 Å². The molecule has 2 N–H and O–H groups in total. The molecule has 0 saturated heterocycles. The molecule has 2 atom stereocenters. The van der Waals surface area contributed by atoms with Gasteiger partial charge in [-0.1, -0.05) is 31.9 Å². The van der Waals surface area contributed by atoms with Crippen LogP contribution in [0.25, 0.3) is 0 Å². The number of amides is 1. The van der Waals surface area contributed by atoms with E-state index in [1.54, 1.807) is 43.3 Å². The number of phenols is 1. The number of rotatable bonds is 10. The van der Waals surface area contributed by atoms with Gasteiger partial charge in [-0.2, -0.15) is 12.6 Å². The highest BCUT2D eigenvalue weighted by Crippen LogP contribution is 2.39. The fourth-order valence-corrected chi connectivity index (χ4v) is 4.42. The number of nitrogens with one attached hydrogen (secondary N) is 1. The highest BCUT2D eigenvalue weighted by molar-refractivity contribution is 9.11. The van der Waals surface area contributed by atoms with E-state index in [-0.39, 0.29) is 24.5 Å². The van der Waals surface area contributed by atoms with Crippen LogP contribution < -0.4 is 5.32 Å². The summed E-state index contributed by atoms with van der Waals surface area (Å²) < 4.78 is 18.6. The van der Waals surface area contributed by atoms with Crippen molar-refractivity contribution in [3.05, 3.63) is 55.4 Å². The van der Waals surface area contributed by atoms with Crippen LogP contribution in [0.4, 0.5) is 10.5 Å². The molecule has 32 heavy (non-hydrogen) atoms. The van der Waals surface area contributed by atoms with Crippen LogP contribution in [0, 0.1) is 0 Å². The van der Waals surface area contributed by atoms with Crippen molar-refractivity contribution in [2.75, 3.05) is 24.3 Å². The summed E-state index contributed by atoms with van der Waals surface area (Å²) in [6, 6.07) is 10.3. The summed E-state index contributed by atoms with van der Waals surface area (Å²) in [6.07, 6.45) is -2.19. The number of carbonyl (C=O) groups is 2. The Morgan fingerprint density at radius 1 is 1.12 bits per heavy atom. The largest absolute Gasteiger partial charge is 0.506 e. The molecule has 0 radical (unpaired) electrons. The monoisotopic (exact) mass is 653 g/mol. The van der Waals surface area contributed by atoms with Crippen LogP contribution in [-0.4, -0.2) is 42.2 Å². The topological polar surface area (TPSA) is 94.1 Å². The predicted molar refractivity (Wildman–Crippen MR) is 135 cm³/mol. The minimum absolute atomic E-state index is 0.0359. The Balaban J connectivity index is 2.31. The normalized spacial score (nSPS) is 12.7. The summed E-state index contributed by atoms with van der Waals surface area (Å²) in [5, 5.41) is 13.3. The standard InChI is InChI=1S/C21H22Br3NO6S/c1-2-29-17(7-8-30-18(26)11-32)20(15-9-13(23)10-16(24)19(15)27)31-21(28)25-14-5-3-12(22)4-6-14/h3-6,9-10,17,20,27,32H,2,7-8,11H2,1H3,(H,25,28)/t17-,20-/m0/s1. The number of ether oxygens (including phenoxy) is 3. The first-order chi connectivity index (χ1) is 15.2. The van der Waals surface area contributed by atoms with Crippen molar-refractivity contribution in [1.29, 1.82) is 0 Å². The van der Waals surface area contributed by atoms with Crippen molar-refractivity contribution in [3.63, 3.8) is 0 Å². The van der Waals surface area contributed by atoms with Crippen molar-refractivity contribution in [2.45, 2.75) is 25.6 Å². The summed E-state index contributed by atoms with van der Waals surface area (Å²) in [6.45, 7) is 2.14. The van der Waals surface area contributed by atoms with E-state index in [4.69, 9.17) is 14.2 Å². The first-order valence-electron chi connectivity index (χ1n) is 9.54. The van der Waals surface area contributed by atoms with Crippen molar-refractivity contribution in [2.24, 2.45) is 0 Å². The molecule has 2 aromatic rings. The summed E-state index contributed by atoms with van der Waals surface area (Å²) >= 11 is 13.9. The van der Waals surface area contributed by atoms with Crippen LogP contribution in [-0.2, 0) is 19.0 Å². The predicted octanol–water partition coefficient (Wildman–Crippen LogP) is 6.24. The Hall–Kier alpha value is -1.27. The average Bonchev–Trinajstić information content (AvgIpc) is 2.75. The molecule has 0 bridgehead atoms. The second kappa shape index (κ2) is 13.4. The van der Waals surface area contributed by atoms with E-state index in [1.165, 1.54) is 0 Å². The summed E-state index contributed by atoms with van der Waals surface area (Å²) in [5.41, 5.74) is 0.864. The Bertz CT molecular complexity index is 928. The van der Waals surface area contributed by atoms with Gasteiger partial charge in [0, 0.05) is 33.2 Å². The molecule has 0 spiro atoms. The molecule has 1 amide bonds. The van der Waals surface area contributed by atoms with E-state index >= 15 is 0 Å². The van der Waals surface area contributed by atoms with Gasteiger partial charge in [0.15, 0.2) is 6.10 Å². The molecule has 0 aromatic heterocycles. The van der Waals surface area contributed by atoms with Gasteiger partial charge in [-0.15, -0.1) is 0 Å². The van der Waals surface area contributed by atoms with Crippen LogP contribution in [0.1, 0.15) is 25.0 Å². The molecule has 0 aliphatic rings. The van der Waals surface area contributed by atoms with E-state index in [0.717, 1.165) is 4.47 Å². The van der Waals surface area contributed by atoms with Crippen molar-refractivity contribution in [3.8, 4) is 5.75 Å². The minimum Gasteiger partial charge on any atom is -0.506 e. The third-order valence-electron chi connectivity index (χ3n) is 4.20. The van der Waals surface area contributed by atoms with Crippen LogP contribution in [0.15, 0.2) is 49.8 Å². The summed E-state index contributed by atoms with van der Waals surface area (Å²) in [4.78, 5) is 24.1. The van der Waals surface area contributed by atoms with Gasteiger partial charge in [0.05, 0.1) is 16.8 Å². The van der Waals surface area contributed by atoms with Gasteiger partial charge >= 0.3 is 12.1 Å². The molecule has 0 fully saturated rings. The Morgan fingerprint density at radius 3 is 2.44 bits per heavy atom. The molecular weight excluding hydrogens is 634 g/mol. The van der Waals surface area contributed by atoms with Crippen LogP contribution in [0.5, 0.6) is 5.75 Å².